The number of halogens is 1. The van der Waals surface area contributed by atoms with Gasteiger partial charge < -0.3 is 24.8 Å². The van der Waals surface area contributed by atoms with Crippen LogP contribution >= 0.6 is 11.6 Å². The Hall–Kier alpha value is -0.850. The van der Waals surface area contributed by atoms with Crippen LogP contribution in [0.15, 0.2) is 24.3 Å². The maximum Gasteiger partial charge on any atom is 0.229 e. The van der Waals surface area contributed by atoms with Gasteiger partial charge in [0.2, 0.25) is 6.29 Å². The molecule has 6 heteroatoms. The van der Waals surface area contributed by atoms with Crippen molar-refractivity contribution in [3.63, 3.8) is 0 Å². The zero-order chi connectivity index (χ0) is 12.4. The van der Waals surface area contributed by atoms with E-state index >= 15 is 0 Å². The normalized spacial score (nSPS) is 32.7. The van der Waals surface area contributed by atoms with Crippen molar-refractivity contribution >= 4 is 11.6 Å². The second kappa shape index (κ2) is 5.20. The Kier molecular flexibility index (Phi) is 3.86. The predicted octanol–water partition coefficient (Wildman–Crippen LogP) is 0.158. The maximum absolute atomic E-state index is 9.64. The van der Waals surface area contributed by atoms with E-state index in [2.05, 4.69) is 0 Å². The first-order valence-corrected chi connectivity index (χ1v) is 5.54. The molecule has 0 aromatic heterocycles. The van der Waals surface area contributed by atoms with Crippen molar-refractivity contribution < 1.29 is 24.8 Å². The topological polar surface area (TPSA) is 79.2 Å². The molecule has 1 fully saturated rings. The van der Waals surface area contributed by atoms with Crippen molar-refractivity contribution in [2.24, 2.45) is 0 Å². The molecule has 17 heavy (non-hydrogen) atoms. The number of aliphatic hydroxyl groups excluding tert-OH is 3. The molecule has 0 unspecified atom stereocenters. The van der Waals surface area contributed by atoms with Crippen LogP contribution in [-0.4, -0.2) is 46.5 Å². The number of ether oxygens (including phenoxy) is 2. The number of hydrogen-bond acceptors (Lipinski definition) is 5. The maximum atomic E-state index is 9.64. The van der Waals surface area contributed by atoms with Crippen molar-refractivity contribution in [3.8, 4) is 5.75 Å². The average Bonchev–Trinajstić information content (AvgIpc) is 2.60. The Morgan fingerprint density at radius 1 is 1.18 bits per heavy atom. The van der Waals surface area contributed by atoms with Crippen LogP contribution in [0.5, 0.6) is 5.75 Å². The summed E-state index contributed by atoms with van der Waals surface area (Å²) in [5.74, 6) is 0.462. The minimum absolute atomic E-state index is 0.376. The first-order chi connectivity index (χ1) is 8.11. The van der Waals surface area contributed by atoms with Crippen LogP contribution in [0.1, 0.15) is 0 Å². The van der Waals surface area contributed by atoms with Gasteiger partial charge in [-0.05, 0) is 24.3 Å². The molecule has 4 atom stereocenters. The first-order valence-electron chi connectivity index (χ1n) is 5.16. The van der Waals surface area contributed by atoms with Gasteiger partial charge in [0, 0.05) is 5.02 Å². The fourth-order valence-electron chi connectivity index (χ4n) is 1.61. The lowest BCUT2D eigenvalue weighted by Gasteiger charge is -2.16. The summed E-state index contributed by atoms with van der Waals surface area (Å²) in [5.41, 5.74) is 0. The Morgan fingerprint density at radius 3 is 2.35 bits per heavy atom. The Labute approximate surface area is 103 Å². The van der Waals surface area contributed by atoms with Crippen molar-refractivity contribution in [2.75, 3.05) is 6.61 Å². The molecule has 0 spiro atoms. The fraction of sp³-hybridized carbons (Fsp3) is 0.455. The largest absolute Gasteiger partial charge is 0.462 e. The van der Waals surface area contributed by atoms with Gasteiger partial charge in [0.25, 0.3) is 0 Å². The minimum Gasteiger partial charge on any atom is -0.462 e. The van der Waals surface area contributed by atoms with Crippen molar-refractivity contribution in [1.82, 2.24) is 0 Å². The van der Waals surface area contributed by atoms with Crippen molar-refractivity contribution in [1.29, 1.82) is 0 Å². The molecule has 1 aromatic rings. The number of benzene rings is 1. The summed E-state index contributed by atoms with van der Waals surface area (Å²) < 4.78 is 10.5. The minimum atomic E-state index is -1.19. The van der Waals surface area contributed by atoms with Crippen LogP contribution in [-0.2, 0) is 4.74 Å². The van der Waals surface area contributed by atoms with Gasteiger partial charge in [-0.15, -0.1) is 0 Å². The van der Waals surface area contributed by atoms with E-state index in [0.29, 0.717) is 10.8 Å². The third kappa shape index (κ3) is 2.70. The van der Waals surface area contributed by atoms with Crippen LogP contribution in [0, 0.1) is 0 Å². The van der Waals surface area contributed by atoms with Crippen LogP contribution < -0.4 is 4.74 Å². The van der Waals surface area contributed by atoms with Crippen LogP contribution in [0.3, 0.4) is 0 Å². The van der Waals surface area contributed by atoms with Gasteiger partial charge in [0.15, 0.2) is 0 Å². The van der Waals surface area contributed by atoms with Crippen LogP contribution in [0.2, 0.25) is 5.02 Å². The lowest BCUT2D eigenvalue weighted by molar-refractivity contribution is -0.116. The molecule has 1 aromatic carbocycles. The highest BCUT2D eigenvalue weighted by molar-refractivity contribution is 6.30. The molecule has 1 saturated heterocycles. The van der Waals surface area contributed by atoms with E-state index < -0.39 is 24.6 Å². The quantitative estimate of drug-likeness (QED) is 0.721. The third-order valence-electron chi connectivity index (χ3n) is 2.56. The molecule has 5 nitrogen and oxygen atoms in total. The van der Waals surface area contributed by atoms with E-state index in [0.717, 1.165) is 0 Å². The number of hydrogen-bond donors (Lipinski definition) is 3. The summed E-state index contributed by atoms with van der Waals surface area (Å²) in [6.07, 6.45) is -4.18. The molecular formula is C11H13ClO5. The van der Waals surface area contributed by atoms with Gasteiger partial charge in [0.05, 0.1) is 6.61 Å². The summed E-state index contributed by atoms with van der Waals surface area (Å²) in [6.45, 7) is -0.376. The molecule has 1 aliphatic heterocycles. The smallest absolute Gasteiger partial charge is 0.229 e. The highest BCUT2D eigenvalue weighted by atomic mass is 35.5. The second-order valence-corrected chi connectivity index (χ2v) is 4.21. The second-order valence-electron chi connectivity index (χ2n) is 3.78. The van der Waals surface area contributed by atoms with Gasteiger partial charge in [-0.25, -0.2) is 0 Å². The summed E-state index contributed by atoms with van der Waals surface area (Å²) in [6, 6.07) is 6.52. The van der Waals surface area contributed by atoms with Crippen molar-refractivity contribution in [3.05, 3.63) is 29.3 Å². The highest BCUT2D eigenvalue weighted by Gasteiger charge is 2.43. The summed E-state index contributed by atoms with van der Waals surface area (Å²) in [5, 5.41) is 28.6. The zero-order valence-corrected chi connectivity index (χ0v) is 9.62. The molecule has 2 rings (SSSR count). The van der Waals surface area contributed by atoms with Gasteiger partial charge in [-0.2, -0.15) is 0 Å². The summed E-state index contributed by atoms with van der Waals surface area (Å²) in [7, 11) is 0. The monoisotopic (exact) mass is 260 g/mol. The third-order valence-corrected chi connectivity index (χ3v) is 2.82. The standard InChI is InChI=1S/C11H13ClO5/c12-6-1-3-7(4-2-6)16-11-10(15)9(14)8(5-13)17-11/h1-4,8-11,13-15H,5H2/t8-,9-,10-,11-/m1/s1. The molecule has 0 amide bonds. The molecule has 0 radical (unpaired) electrons. The molecule has 3 N–H and O–H groups in total. The SMILES string of the molecule is OC[C@H]1O[C@@H](Oc2ccc(Cl)cc2)[C@H](O)[C@@H]1O. The van der Waals surface area contributed by atoms with E-state index in [1.807, 2.05) is 0 Å². The Bertz CT molecular complexity index is 369. The zero-order valence-electron chi connectivity index (χ0n) is 8.86. The molecule has 0 saturated carbocycles. The summed E-state index contributed by atoms with van der Waals surface area (Å²) in [4.78, 5) is 0. The predicted molar refractivity (Wildman–Crippen MR) is 59.8 cm³/mol. The highest BCUT2D eigenvalue weighted by Crippen LogP contribution is 2.25. The van der Waals surface area contributed by atoms with Crippen LogP contribution in [0.25, 0.3) is 0 Å². The summed E-state index contributed by atoms with van der Waals surface area (Å²) >= 11 is 5.72. The fourth-order valence-corrected chi connectivity index (χ4v) is 1.74. The molecular weight excluding hydrogens is 248 g/mol. The Balaban J connectivity index is 2.02. The molecule has 94 valence electrons. The van der Waals surface area contributed by atoms with E-state index in [1.165, 1.54) is 0 Å². The van der Waals surface area contributed by atoms with E-state index in [1.54, 1.807) is 24.3 Å². The van der Waals surface area contributed by atoms with Crippen molar-refractivity contribution in [2.45, 2.75) is 24.6 Å². The van der Waals surface area contributed by atoms with E-state index in [9.17, 15) is 10.2 Å². The van der Waals surface area contributed by atoms with E-state index in [-0.39, 0.29) is 6.61 Å². The average molecular weight is 261 g/mol. The molecule has 0 aliphatic carbocycles. The first kappa shape index (κ1) is 12.6. The number of rotatable bonds is 3. The number of aliphatic hydroxyl groups is 3. The van der Waals surface area contributed by atoms with Gasteiger partial charge in [-0.1, -0.05) is 11.6 Å². The lowest BCUT2D eigenvalue weighted by atomic mass is 10.1. The molecule has 0 bridgehead atoms. The van der Waals surface area contributed by atoms with E-state index in [4.69, 9.17) is 26.2 Å². The van der Waals surface area contributed by atoms with Gasteiger partial charge in [-0.3, -0.25) is 0 Å². The molecule has 1 aliphatic rings. The molecule has 1 heterocycles. The lowest BCUT2D eigenvalue weighted by Crippen LogP contribution is -2.35. The van der Waals surface area contributed by atoms with Gasteiger partial charge >= 0.3 is 0 Å². The van der Waals surface area contributed by atoms with Gasteiger partial charge in [0.1, 0.15) is 24.1 Å². The van der Waals surface area contributed by atoms with Crippen LogP contribution in [0.4, 0.5) is 0 Å². The Morgan fingerprint density at radius 2 is 1.82 bits per heavy atom.